The predicted octanol–water partition coefficient (Wildman–Crippen LogP) is 4.23. The molecule has 5 nitrogen and oxygen atoms in total. The molecule has 0 spiro atoms. The molecule has 2 rings (SSSR count). The molecule has 2 aromatic rings. The number of aromatic nitrogens is 1. The van der Waals surface area contributed by atoms with Crippen molar-refractivity contribution in [3.63, 3.8) is 0 Å². The Labute approximate surface area is 140 Å². The van der Waals surface area contributed by atoms with E-state index in [-0.39, 0.29) is 0 Å². The van der Waals surface area contributed by atoms with E-state index in [0.29, 0.717) is 6.54 Å². The monoisotopic (exact) mass is 334 g/mol. The molecule has 1 amide bonds. The summed E-state index contributed by atoms with van der Waals surface area (Å²) in [5.74, 6) is 0.832. The minimum absolute atomic E-state index is 0.391. The second kappa shape index (κ2) is 7.46. The van der Waals surface area contributed by atoms with Gasteiger partial charge in [0, 0.05) is 6.54 Å². The van der Waals surface area contributed by atoms with Gasteiger partial charge in [-0.1, -0.05) is 6.08 Å². The molecule has 1 aromatic carbocycles. The van der Waals surface area contributed by atoms with Gasteiger partial charge < -0.3 is 14.8 Å². The van der Waals surface area contributed by atoms with Gasteiger partial charge in [-0.25, -0.2) is 9.78 Å². The van der Waals surface area contributed by atoms with Crippen molar-refractivity contribution >= 4 is 33.7 Å². The molecule has 0 fully saturated rings. The highest BCUT2D eigenvalue weighted by atomic mass is 32.1. The van der Waals surface area contributed by atoms with Crippen LogP contribution in [-0.4, -0.2) is 30.3 Å². The predicted molar refractivity (Wildman–Crippen MR) is 94.1 cm³/mol. The van der Waals surface area contributed by atoms with E-state index in [1.54, 1.807) is 18.4 Å². The summed E-state index contributed by atoms with van der Waals surface area (Å²) in [6.07, 6.45) is 4.29. The Morgan fingerprint density at radius 1 is 1.39 bits per heavy atom. The Bertz CT molecular complexity index is 701. The topological polar surface area (TPSA) is 60.5 Å². The lowest BCUT2D eigenvalue weighted by Crippen LogP contribution is -2.32. The third-order valence-corrected chi connectivity index (χ3v) is 3.84. The number of ether oxygens (including phenoxy) is 2. The van der Waals surface area contributed by atoms with Crippen molar-refractivity contribution in [2.24, 2.45) is 0 Å². The van der Waals surface area contributed by atoms with Gasteiger partial charge in [-0.05, 0) is 51.5 Å². The maximum absolute atomic E-state index is 11.5. The summed E-state index contributed by atoms with van der Waals surface area (Å²) in [4.78, 5) is 16.0. The average molecular weight is 334 g/mol. The molecular weight excluding hydrogens is 312 g/mol. The van der Waals surface area contributed by atoms with Crippen molar-refractivity contribution in [3.8, 4) is 5.75 Å². The molecule has 1 aromatic heterocycles. The van der Waals surface area contributed by atoms with Crippen LogP contribution in [0.25, 0.3) is 16.3 Å². The van der Waals surface area contributed by atoms with E-state index in [9.17, 15) is 4.79 Å². The first-order valence-corrected chi connectivity index (χ1v) is 8.27. The molecule has 0 saturated carbocycles. The zero-order chi connectivity index (χ0) is 16.9. The fourth-order valence-electron chi connectivity index (χ4n) is 1.88. The van der Waals surface area contributed by atoms with Gasteiger partial charge >= 0.3 is 6.09 Å². The number of thiazole rings is 1. The lowest BCUT2D eigenvalue weighted by atomic mass is 10.2. The highest BCUT2D eigenvalue weighted by Gasteiger charge is 2.15. The largest absolute Gasteiger partial charge is 0.497 e. The van der Waals surface area contributed by atoms with Crippen molar-refractivity contribution < 1.29 is 14.3 Å². The zero-order valence-electron chi connectivity index (χ0n) is 13.9. The Morgan fingerprint density at radius 3 is 2.87 bits per heavy atom. The first kappa shape index (κ1) is 17.3. The number of benzene rings is 1. The summed E-state index contributed by atoms with van der Waals surface area (Å²) >= 11 is 1.61. The van der Waals surface area contributed by atoms with Gasteiger partial charge in [0.25, 0.3) is 0 Å². The quantitative estimate of drug-likeness (QED) is 0.831. The van der Waals surface area contributed by atoms with E-state index in [2.05, 4.69) is 10.3 Å². The van der Waals surface area contributed by atoms with E-state index in [1.807, 2.05) is 51.1 Å². The van der Waals surface area contributed by atoms with E-state index < -0.39 is 11.7 Å². The van der Waals surface area contributed by atoms with Crippen LogP contribution < -0.4 is 10.1 Å². The van der Waals surface area contributed by atoms with E-state index in [4.69, 9.17) is 9.47 Å². The second-order valence-electron chi connectivity index (χ2n) is 6.01. The lowest BCUT2D eigenvalue weighted by molar-refractivity contribution is 0.0529. The van der Waals surface area contributed by atoms with Gasteiger partial charge in [-0.3, -0.25) is 0 Å². The minimum Gasteiger partial charge on any atom is -0.497 e. The number of hydrogen-bond acceptors (Lipinski definition) is 5. The number of methoxy groups -OCH3 is 1. The van der Waals surface area contributed by atoms with Crippen LogP contribution >= 0.6 is 11.3 Å². The molecule has 1 heterocycles. The van der Waals surface area contributed by atoms with Gasteiger partial charge in [-0.15, -0.1) is 11.3 Å². The Hall–Kier alpha value is -2.08. The molecule has 124 valence electrons. The van der Waals surface area contributed by atoms with Crippen LogP contribution in [0, 0.1) is 0 Å². The smallest absolute Gasteiger partial charge is 0.407 e. The zero-order valence-corrected chi connectivity index (χ0v) is 14.7. The number of rotatable bonds is 5. The number of amides is 1. The fraction of sp³-hybridized carbons (Fsp3) is 0.412. The summed E-state index contributed by atoms with van der Waals surface area (Å²) in [5, 5.41) is 3.66. The van der Waals surface area contributed by atoms with Crippen LogP contribution in [0.1, 0.15) is 32.2 Å². The summed E-state index contributed by atoms with van der Waals surface area (Å²) in [5.41, 5.74) is 0.490. The van der Waals surface area contributed by atoms with Gasteiger partial charge in [-0.2, -0.15) is 0 Å². The summed E-state index contributed by atoms with van der Waals surface area (Å²) in [6, 6.07) is 5.83. The number of hydrogen-bond donors (Lipinski definition) is 1. The molecule has 6 heteroatoms. The first-order chi connectivity index (χ1) is 10.9. The maximum atomic E-state index is 11.5. The number of nitrogens with one attached hydrogen (secondary N) is 1. The Kier molecular flexibility index (Phi) is 5.60. The van der Waals surface area contributed by atoms with E-state index in [0.717, 1.165) is 27.4 Å². The third kappa shape index (κ3) is 5.56. The average Bonchev–Trinajstić information content (AvgIpc) is 2.86. The van der Waals surface area contributed by atoms with Crippen molar-refractivity contribution in [3.05, 3.63) is 29.3 Å². The highest BCUT2D eigenvalue weighted by Crippen LogP contribution is 2.26. The van der Waals surface area contributed by atoms with Gasteiger partial charge in [0.1, 0.15) is 16.4 Å². The lowest BCUT2D eigenvalue weighted by Gasteiger charge is -2.19. The number of carbonyl (C=O) groups is 1. The standard InChI is InChI=1S/C17H22N2O3S/c1-17(2,3)22-16(20)18-10-6-5-7-15-19-13-9-8-12(21-4)11-14(13)23-15/h5,7-9,11H,6,10H2,1-4H3,(H,18,20). The van der Waals surface area contributed by atoms with E-state index in [1.165, 1.54) is 0 Å². The van der Waals surface area contributed by atoms with E-state index >= 15 is 0 Å². The minimum atomic E-state index is -0.470. The first-order valence-electron chi connectivity index (χ1n) is 7.45. The summed E-state index contributed by atoms with van der Waals surface area (Å²) in [7, 11) is 1.65. The number of carbonyl (C=O) groups excluding carboxylic acids is 1. The van der Waals surface area contributed by atoms with Crippen LogP contribution in [0.3, 0.4) is 0 Å². The number of alkyl carbamates (subject to hydrolysis) is 1. The van der Waals surface area contributed by atoms with Gasteiger partial charge in [0.2, 0.25) is 0 Å². The molecule has 0 bridgehead atoms. The molecule has 0 atom stereocenters. The number of nitrogens with zero attached hydrogens (tertiary/aromatic N) is 1. The third-order valence-electron chi connectivity index (χ3n) is 2.85. The molecule has 0 radical (unpaired) electrons. The molecule has 0 aliphatic heterocycles. The van der Waals surface area contributed by atoms with Gasteiger partial charge in [0.15, 0.2) is 0 Å². The van der Waals surface area contributed by atoms with Crippen molar-refractivity contribution in [1.82, 2.24) is 10.3 Å². The normalized spacial score (nSPS) is 11.8. The molecule has 23 heavy (non-hydrogen) atoms. The van der Waals surface area contributed by atoms with Gasteiger partial charge in [0.05, 0.1) is 17.3 Å². The van der Waals surface area contributed by atoms with Crippen molar-refractivity contribution in [2.45, 2.75) is 32.8 Å². The van der Waals surface area contributed by atoms with Crippen molar-refractivity contribution in [2.75, 3.05) is 13.7 Å². The molecular formula is C17H22N2O3S. The van der Waals surface area contributed by atoms with Crippen LogP contribution in [0.15, 0.2) is 24.3 Å². The maximum Gasteiger partial charge on any atom is 0.407 e. The van der Waals surface area contributed by atoms with Crippen LogP contribution in [0.5, 0.6) is 5.75 Å². The molecule has 0 saturated heterocycles. The molecule has 1 N–H and O–H groups in total. The molecule has 0 unspecified atom stereocenters. The Balaban J connectivity index is 1.83. The molecule has 0 aliphatic carbocycles. The highest BCUT2D eigenvalue weighted by molar-refractivity contribution is 7.19. The Morgan fingerprint density at radius 2 is 2.17 bits per heavy atom. The summed E-state index contributed by atoms with van der Waals surface area (Å²) < 4.78 is 11.5. The fourth-order valence-corrected chi connectivity index (χ4v) is 2.80. The van der Waals surface area contributed by atoms with Crippen LogP contribution in [0.2, 0.25) is 0 Å². The second-order valence-corrected chi connectivity index (χ2v) is 7.07. The van der Waals surface area contributed by atoms with Crippen LogP contribution in [-0.2, 0) is 4.74 Å². The van der Waals surface area contributed by atoms with Crippen LogP contribution in [0.4, 0.5) is 4.79 Å². The number of fused-ring (bicyclic) bond motifs is 1. The SMILES string of the molecule is COc1ccc2nc(C=CCCNC(=O)OC(C)(C)C)sc2c1. The molecule has 0 aliphatic rings. The van der Waals surface area contributed by atoms with Crippen molar-refractivity contribution in [1.29, 1.82) is 0 Å². The summed E-state index contributed by atoms with van der Waals surface area (Å²) in [6.45, 7) is 6.06.